The predicted octanol–water partition coefficient (Wildman–Crippen LogP) is 4.02. The van der Waals surface area contributed by atoms with Gasteiger partial charge in [0.05, 0.1) is 5.75 Å². The van der Waals surface area contributed by atoms with Gasteiger partial charge in [0, 0.05) is 22.7 Å². The molecular formula is C17H23ClN4OS. The van der Waals surface area contributed by atoms with Crippen molar-refractivity contribution in [2.75, 3.05) is 5.75 Å². The maximum atomic E-state index is 12.1. The van der Waals surface area contributed by atoms with Gasteiger partial charge in [0.2, 0.25) is 5.91 Å². The van der Waals surface area contributed by atoms with Crippen molar-refractivity contribution in [1.29, 1.82) is 0 Å². The molecule has 1 aromatic heterocycles. The highest BCUT2D eigenvalue weighted by atomic mass is 35.5. The summed E-state index contributed by atoms with van der Waals surface area (Å²) in [6.07, 6.45) is 0.882. The molecule has 0 saturated heterocycles. The van der Waals surface area contributed by atoms with E-state index in [2.05, 4.69) is 22.4 Å². The average Bonchev–Trinajstić information content (AvgIpc) is 2.95. The molecule has 1 N–H and O–H groups in total. The van der Waals surface area contributed by atoms with E-state index >= 15 is 0 Å². The smallest absolute Gasteiger partial charge is 0.230 e. The Kier molecular flexibility index (Phi) is 6.29. The van der Waals surface area contributed by atoms with E-state index in [1.807, 2.05) is 49.6 Å². The van der Waals surface area contributed by atoms with Gasteiger partial charge in [-0.3, -0.25) is 4.79 Å². The summed E-state index contributed by atoms with van der Waals surface area (Å²) in [4.78, 5) is 12.1. The van der Waals surface area contributed by atoms with Gasteiger partial charge in [0.25, 0.3) is 0 Å². The van der Waals surface area contributed by atoms with Crippen LogP contribution in [0.15, 0.2) is 29.4 Å². The highest BCUT2D eigenvalue weighted by molar-refractivity contribution is 7.99. The van der Waals surface area contributed by atoms with Crippen LogP contribution in [0.5, 0.6) is 0 Å². The number of nitrogens with zero attached hydrogens (tertiary/aromatic N) is 3. The van der Waals surface area contributed by atoms with Crippen LogP contribution in [0.4, 0.5) is 0 Å². The molecule has 1 aromatic carbocycles. The monoisotopic (exact) mass is 366 g/mol. The van der Waals surface area contributed by atoms with Crippen LogP contribution >= 0.6 is 23.4 Å². The summed E-state index contributed by atoms with van der Waals surface area (Å²) in [6.45, 7) is 8.84. The zero-order chi connectivity index (χ0) is 17.7. The Morgan fingerprint density at radius 2 is 2.08 bits per heavy atom. The number of aromatic nitrogens is 3. The van der Waals surface area contributed by atoms with Crippen molar-refractivity contribution in [3.05, 3.63) is 29.3 Å². The number of rotatable bonds is 7. The molecule has 1 heterocycles. The predicted molar refractivity (Wildman–Crippen MR) is 99.4 cm³/mol. The number of nitrogens with one attached hydrogen (secondary N) is 1. The van der Waals surface area contributed by atoms with Gasteiger partial charge in [0.1, 0.15) is 0 Å². The summed E-state index contributed by atoms with van der Waals surface area (Å²) in [5.74, 6) is 1.08. The fourth-order valence-corrected chi connectivity index (χ4v) is 3.15. The first-order valence-electron chi connectivity index (χ1n) is 7.99. The van der Waals surface area contributed by atoms with Crippen LogP contribution < -0.4 is 5.32 Å². The zero-order valence-corrected chi connectivity index (χ0v) is 16.0. The van der Waals surface area contributed by atoms with Gasteiger partial charge in [0.15, 0.2) is 11.0 Å². The van der Waals surface area contributed by atoms with Crippen molar-refractivity contribution in [2.24, 2.45) is 0 Å². The molecule has 0 spiro atoms. The number of hydrogen-bond acceptors (Lipinski definition) is 4. The van der Waals surface area contributed by atoms with E-state index in [0.717, 1.165) is 29.5 Å². The van der Waals surface area contributed by atoms with Crippen molar-refractivity contribution in [3.8, 4) is 11.4 Å². The van der Waals surface area contributed by atoms with Crippen LogP contribution in [-0.2, 0) is 11.3 Å². The number of hydrogen-bond donors (Lipinski definition) is 1. The molecule has 0 unspecified atom stereocenters. The Balaban J connectivity index is 2.11. The number of benzene rings is 1. The molecule has 5 nitrogen and oxygen atoms in total. The zero-order valence-electron chi connectivity index (χ0n) is 14.5. The Morgan fingerprint density at radius 3 is 2.71 bits per heavy atom. The molecule has 2 aromatic rings. The first-order valence-corrected chi connectivity index (χ1v) is 9.35. The summed E-state index contributed by atoms with van der Waals surface area (Å²) in [7, 11) is 0. The molecule has 0 atom stereocenters. The third kappa shape index (κ3) is 4.74. The van der Waals surface area contributed by atoms with Gasteiger partial charge in [-0.05, 0) is 39.3 Å². The SMILES string of the molecule is CCn1c(SCC(=O)NC(C)(C)CC)nnc1-c1cccc(Cl)c1. The van der Waals surface area contributed by atoms with Gasteiger partial charge in [-0.25, -0.2) is 0 Å². The topological polar surface area (TPSA) is 59.8 Å². The highest BCUT2D eigenvalue weighted by Crippen LogP contribution is 2.25. The average molecular weight is 367 g/mol. The van der Waals surface area contributed by atoms with Crippen molar-refractivity contribution >= 4 is 29.3 Å². The maximum Gasteiger partial charge on any atom is 0.230 e. The molecule has 2 rings (SSSR count). The minimum atomic E-state index is -0.192. The van der Waals surface area contributed by atoms with E-state index in [0.29, 0.717) is 10.8 Å². The molecule has 0 aliphatic carbocycles. The largest absolute Gasteiger partial charge is 0.351 e. The normalized spacial score (nSPS) is 11.5. The minimum Gasteiger partial charge on any atom is -0.351 e. The molecule has 0 bridgehead atoms. The second kappa shape index (κ2) is 8.03. The van der Waals surface area contributed by atoms with Crippen molar-refractivity contribution in [3.63, 3.8) is 0 Å². The Labute approximate surface area is 152 Å². The second-order valence-electron chi connectivity index (χ2n) is 6.14. The summed E-state index contributed by atoms with van der Waals surface area (Å²) in [6, 6.07) is 7.53. The van der Waals surface area contributed by atoms with Crippen molar-refractivity contribution in [2.45, 2.75) is 51.4 Å². The molecule has 1 amide bonds. The van der Waals surface area contributed by atoms with E-state index in [4.69, 9.17) is 11.6 Å². The second-order valence-corrected chi connectivity index (χ2v) is 7.51. The first-order chi connectivity index (χ1) is 11.4. The molecule has 0 fully saturated rings. The Hall–Kier alpha value is -1.53. The van der Waals surface area contributed by atoms with E-state index < -0.39 is 0 Å². The molecule has 130 valence electrons. The molecule has 7 heteroatoms. The van der Waals surface area contributed by atoms with Crippen LogP contribution in [0.2, 0.25) is 5.02 Å². The van der Waals surface area contributed by atoms with Crippen LogP contribution in [0.3, 0.4) is 0 Å². The lowest BCUT2D eigenvalue weighted by Crippen LogP contribution is -2.43. The molecule has 0 radical (unpaired) electrons. The molecule has 24 heavy (non-hydrogen) atoms. The third-order valence-corrected chi connectivity index (χ3v) is 5.01. The lowest BCUT2D eigenvalue weighted by atomic mass is 10.0. The molecular weight excluding hydrogens is 344 g/mol. The summed E-state index contributed by atoms with van der Waals surface area (Å²) >= 11 is 7.45. The highest BCUT2D eigenvalue weighted by Gasteiger charge is 2.19. The number of carbonyl (C=O) groups excluding carboxylic acids is 1. The summed E-state index contributed by atoms with van der Waals surface area (Å²) in [5, 5.41) is 12.9. The fourth-order valence-electron chi connectivity index (χ4n) is 2.15. The number of thioether (sulfide) groups is 1. The van der Waals surface area contributed by atoms with E-state index in [1.54, 1.807) is 0 Å². The Morgan fingerprint density at radius 1 is 1.33 bits per heavy atom. The fraction of sp³-hybridized carbons (Fsp3) is 0.471. The Bertz CT molecular complexity index is 714. The van der Waals surface area contributed by atoms with Crippen molar-refractivity contribution in [1.82, 2.24) is 20.1 Å². The van der Waals surface area contributed by atoms with E-state index in [1.165, 1.54) is 11.8 Å². The van der Waals surface area contributed by atoms with Crippen LogP contribution in [0.25, 0.3) is 11.4 Å². The number of amides is 1. The van der Waals surface area contributed by atoms with Crippen LogP contribution in [0, 0.1) is 0 Å². The van der Waals surface area contributed by atoms with Gasteiger partial charge in [-0.2, -0.15) is 0 Å². The van der Waals surface area contributed by atoms with Crippen LogP contribution in [0.1, 0.15) is 34.1 Å². The van der Waals surface area contributed by atoms with Crippen molar-refractivity contribution < 1.29 is 4.79 Å². The lowest BCUT2D eigenvalue weighted by molar-refractivity contribution is -0.120. The standard InChI is InChI=1S/C17H23ClN4OS/c1-5-17(3,4)19-14(23)11-24-16-21-20-15(22(16)6-2)12-8-7-9-13(18)10-12/h7-10H,5-6,11H2,1-4H3,(H,19,23). The quantitative estimate of drug-likeness (QED) is 0.752. The van der Waals surface area contributed by atoms with Gasteiger partial charge >= 0.3 is 0 Å². The summed E-state index contributed by atoms with van der Waals surface area (Å²) < 4.78 is 1.99. The van der Waals surface area contributed by atoms with E-state index in [9.17, 15) is 4.79 Å². The first kappa shape index (κ1) is 18.8. The number of carbonyl (C=O) groups is 1. The maximum absolute atomic E-state index is 12.1. The minimum absolute atomic E-state index is 0.00167. The number of halogens is 1. The molecule has 0 aliphatic rings. The molecule has 0 aliphatic heterocycles. The van der Waals surface area contributed by atoms with Gasteiger partial charge in [-0.1, -0.05) is 42.4 Å². The van der Waals surface area contributed by atoms with Gasteiger partial charge in [-0.15, -0.1) is 10.2 Å². The van der Waals surface area contributed by atoms with Gasteiger partial charge < -0.3 is 9.88 Å². The molecule has 0 saturated carbocycles. The van der Waals surface area contributed by atoms with E-state index in [-0.39, 0.29) is 11.4 Å². The summed E-state index contributed by atoms with van der Waals surface area (Å²) in [5.41, 5.74) is 0.724. The third-order valence-electron chi connectivity index (χ3n) is 3.81. The van der Waals surface area contributed by atoms with Crippen LogP contribution in [-0.4, -0.2) is 32.0 Å². The lowest BCUT2D eigenvalue weighted by Gasteiger charge is -2.24.